The Hall–Kier alpha value is -0.810. The molecule has 5 nitrogen and oxygen atoms in total. The van der Waals surface area contributed by atoms with Crippen LogP contribution in [0.3, 0.4) is 0 Å². The van der Waals surface area contributed by atoms with E-state index < -0.39 is 0 Å². The smallest absolute Gasteiger partial charge is 0.326 e. The lowest BCUT2D eigenvalue weighted by Gasteiger charge is -2.32. The van der Waals surface area contributed by atoms with Crippen molar-refractivity contribution < 1.29 is 4.79 Å². The minimum absolute atomic E-state index is 0.210. The summed E-state index contributed by atoms with van der Waals surface area (Å²) in [6.07, 6.45) is 2.42. The molecule has 3 N–H and O–H groups in total. The first-order valence-corrected chi connectivity index (χ1v) is 5.03. The topological polar surface area (TPSA) is 61.6 Å². The fourth-order valence-electron chi connectivity index (χ4n) is 2.00. The van der Waals surface area contributed by atoms with Crippen LogP contribution in [0.25, 0.3) is 0 Å². The van der Waals surface area contributed by atoms with Crippen LogP contribution in [-0.2, 0) is 0 Å². The Balaban J connectivity index is 2.32. The molecule has 0 aromatic heterocycles. The second-order valence-electron chi connectivity index (χ2n) is 4.10. The summed E-state index contributed by atoms with van der Waals surface area (Å²) in [5.41, 5.74) is 2.14. The molecular weight excluding hydrogens is 180 g/mol. The lowest BCUT2D eigenvalue weighted by molar-refractivity contribution is 0.163. The normalized spacial score (nSPS) is 23.2. The van der Waals surface area contributed by atoms with Gasteiger partial charge < -0.3 is 9.80 Å². The highest BCUT2D eigenvalue weighted by Gasteiger charge is 2.20. The van der Waals surface area contributed by atoms with E-state index >= 15 is 0 Å². The van der Waals surface area contributed by atoms with E-state index in [0.29, 0.717) is 5.92 Å². The van der Waals surface area contributed by atoms with Gasteiger partial charge >= 0.3 is 6.03 Å². The van der Waals surface area contributed by atoms with E-state index in [1.54, 1.807) is 11.9 Å². The predicted octanol–water partition coefficient (Wildman–Crippen LogP) is -0.157. The summed E-state index contributed by atoms with van der Waals surface area (Å²) in [6, 6.07) is -0.210. The SMILES string of the molecule is CN1CCCC(CN(C)C(=O)NN)C1. The maximum Gasteiger partial charge on any atom is 0.331 e. The van der Waals surface area contributed by atoms with Crippen molar-refractivity contribution >= 4 is 6.03 Å². The Kier molecular flexibility index (Phi) is 4.16. The Morgan fingerprint density at radius 1 is 1.71 bits per heavy atom. The number of carbonyl (C=O) groups excluding carboxylic acids is 1. The van der Waals surface area contributed by atoms with Crippen molar-refractivity contribution in [1.82, 2.24) is 15.2 Å². The molecule has 1 saturated heterocycles. The standard InChI is InChI=1S/C9H20N4O/c1-12-5-3-4-8(6-12)7-13(2)9(14)11-10/h8H,3-7,10H2,1-2H3,(H,11,14). The molecule has 0 aliphatic carbocycles. The van der Waals surface area contributed by atoms with Gasteiger partial charge in [0.2, 0.25) is 0 Å². The van der Waals surface area contributed by atoms with Gasteiger partial charge in [-0.1, -0.05) is 0 Å². The Morgan fingerprint density at radius 2 is 2.43 bits per heavy atom. The number of nitrogens with zero attached hydrogens (tertiary/aromatic N) is 2. The molecule has 1 rings (SSSR count). The molecule has 82 valence electrons. The number of hydrogen-bond acceptors (Lipinski definition) is 3. The van der Waals surface area contributed by atoms with E-state index in [9.17, 15) is 4.79 Å². The fraction of sp³-hybridized carbons (Fsp3) is 0.889. The first-order valence-electron chi connectivity index (χ1n) is 5.03. The molecular formula is C9H20N4O. The first-order chi connectivity index (χ1) is 6.63. The second-order valence-corrected chi connectivity index (χ2v) is 4.10. The van der Waals surface area contributed by atoms with Crippen molar-refractivity contribution in [2.45, 2.75) is 12.8 Å². The van der Waals surface area contributed by atoms with Crippen LogP contribution < -0.4 is 11.3 Å². The van der Waals surface area contributed by atoms with Gasteiger partial charge in [0.05, 0.1) is 0 Å². The van der Waals surface area contributed by atoms with Crippen LogP contribution in [-0.4, -0.2) is 49.6 Å². The average Bonchev–Trinajstić information content (AvgIpc) is 2.16. The Morgan fingerprint density at radius 3 is 3.00 bits per heavy atom. The summed E-state index contributed by atoms with van der Waals surface area (Å²) >= 11 is 0. The number of rotatable bonds is 2. The summed E-state index contributed by atoms with van der Waals surface area (Å²) in [5, 5.41) is 0. The second kappa shape index (κ2) is 5.17. The molecule has 2 amide bonds. The van der Waals surface area contributed by atoms with Crippen molar-refractivity contribution in [3.8, 4) is 0 Å². The third-order valence-electron chi connectivity index (χ3n) is 2.72. The maximum atomic E-state index is 11.1. The molecule has 0 aromatic rings. The number of hydrazine groups is 1. The van der Waals surface area contributed by atoms with Gasteiger partial charge in [-0.05, 0) is 32.4 Å². The van der Waals surface area contributed by atoms with Gasteiger partial charge in [0.1, 0.15) is 0 Å². The first kappa shape index (κ1) is 11.3. The highest BCUT2D eigenvalue weighted by molar-refractivity contribution is 5.73. The third-order valence-corrected chi connectivity index (χ3v) is 2.72. The van der Waals surface area contributed by atoms with Crippen molar-refractivity contribution in [2.24, 2.45) is 11.8 Å². The van der Waals surface area contributed by atoms with Gasteiger partial charge in [-0.2, -0.15) is 0 Å². The van der Waals surface area contributed by atoms with E-state index in [1.807, 2.05) is 0 Å². The molecule has 1 unspecified atom stereocenters. The van der Waals surface area contributed by atoms with Crippen molar-refractivity contribution in [1.29, 1.82) is 0 Å². The van der Waals surface area contributed by atoms with Gasteiger partial charge in [0, 0.05) is 20.1 Å². The van der Waals surface area contributed by atoms with E-state index in [-0.39, 0.29) is 6.03 Å². The van der Waals surface area contributed by atoms with Crippen LogP contribution >= 0.6 is 0 Å². The van der Waals surface area contributed by atoms with Crippen LogP contribution in [0.2, 0.25) is 0 Å². The van der Waals surface area contributed by atoms with Crippen molar-refractivity contribution in [2.75, 3.05) is 33.7 Å². The molecule has 1 heterocycles. The lowest BCUT2D eigenvalue weighted by Crippen LogP contribution is -2.45. The maximum absolute atomic E-state index is 11.1. The number of hydrogen-bond donors (Lipinski definition) is 2. The van der Waals surface area contributed by atoms with Gasteiger partial charge in [0.15, 0.2) is 0 Å². The Bertz CT molecular complexity index is 197. The molecule has 5 heteroatoms. The van der Waals surface area contributed by atoms with E-state index in [2.05, 4.69) is 17.4 Å². The van der Waals surface area contributed by atoms with Gasteiger partial charge in [-0.25, -0.2) is 10.6 Å². The molecule has 1 aliphatic heterocycles. The number of urea groups is 1. The molecule has 14 heavy (non-hydrogen) atoms. The molecule has 0 bridgehead atoms. The zero-order valence-electron chi connectivity index (χ0n) is 8.99. The van der Waals surface area contributed by atoms with Gasteiger partial charge in [-0.3, -0.25) is 5.43 Å². The minimum Gasteiger partial charge on any atom is -0.326 e. The van der Waals surface area contributed by atoms with Crippen LogP contribution in [0.15, 0.2) is 0 Å². The third kappa shape index (κ3) is 3.16. The molecule has 0 radical (unpaired) electrons. The summed E-state index contributed by atoms with van der Waals surface area (Å²) in [5.74, 6) is 5.63. The fourth-order valence-corrected chi connectivity index (χ4v) is 2.00. The monoisotopic (exact) mass is 200 g/mol. The lowest BCUT2D eigenvalue weighted by atomic mass is 9.98. The number of amides is 2. The highest BCUT2D eigenvalue weighted by atomic mass is 16.2. The molecule has 1 atom stereocenters. The predicted molar refractivity (Wildman–Crippen MR) is 55.6 cm³/mol. The van der Waals surface area contributed by atoms with E-state index in [0.717, 1.165) is 13.1 Å². The molecule has 0 aromatic carbocycles. The Labute approximate surface area is 85.2 Å². The highest BCUT2D eigenvalue weighted by Crippen LogP contribution is 2.15. The molecule has 1 aliphatic rings. The zero-order valence-corrected chi connectivity index (χ0v) is 8.99. The van der Waals surface area contributed by atoms with E-state index in [4.69, 9.17) is 5.84 Å². The summed E-state index contributed by atoms with van der Waals surface area (Å²) < 4.78 is 0. The number of piperidine rings is 1. The molecule has 0 saturated carbocycles. The van der Waals surface area contributed by atoms with Gasteiger partial charge in [-0.15, -0.1) is 0 Å². The average molecular weight is 200 g/mol. The van der Waals surface area contributed by atoms with Crippen molar-refractivity contribution in [3.63, 3.8) is 0 Å². The summed E-state index contributed by atoms with van der Waals surface area (Å²) in [4.78, 5) is 15.1. The van der Waals surface area contributed by atoms with Crippen LogP contribution in [0, 0.1) is 5.92 Å². The summed E-state index contributed by atoms with van der Waals surface area (Å²) in [6.45, 7) is 3.03. The number of nitrogens with two attached hydrogens (primary N) is 1. The van der Waals surface area contributed by atoms with Crippen molar-refractivity contribution in [3.05, 3.63) is 0 Å². The number of carbonyl (C=O) groups is 1. The van der Waals surface area contributed by atoms with E-state index in [1.165, 1.54) is 19.4 Å². The van der Waals surface area contributed by atoms with Gasteiger partial charge in [0.25, 0.3) is 0 Å². The quantitative estimate of drug-likeness (QED) is 0.370. The largest absolute Gasteiger partial charge is 0.331 e. The summed E-state index contributed by atoms with van der Waals surface area (Å²) in [7, 11) is 3.89. The van der Waals surface area contributed by atoms with Crippen LogP contribution in [0.5, 0.6) is 0 Å². The molecule has 0 spiro atoms. The van der Waals surface area contributed by atoms with Crippen LogP contribution in [0.4, 0.5) is 4.79 Å². The zero-order chi connectivity index (χ0) is 10.6. The van der Waals surface area contributed by atoms with Crippen LogP contribution in [0.1, 0.15) is 12.8 Å². The number of nitrogens with one attached hydrogen (secondary N) is 1. The minimum atomic E-state index is -0.210. The molecule has 1 fully saturated rings. The number of likely N-dealkylation sites (tertiary alicyclic amines) is 1.